The zero-order chi connectivity index (χ0) is 23.7. The lowest BCUT2D eigenvalue weighted by molar-refractivity contribution is 0.197. The van der Waals surface area contributed by atoms with E-state index in [0.717, 1.165) is 49.2 Å². The summed E-state index contributed by atoms with van der Waals surface area (Å²) in [6.07, 6.45) is 1.83. The van der Waals surface area contributed by atoms with Crippen molar-refractivity contribution < 1.29 is 13.9 Å². The van der Waals surface area contributed by atoms with Gasteiger partial charge in [-0.25, -0.2) is 4.79 Å². The number of anilines is 1. The van der Waals surface area contributed by atoms with Crippen LogP contribution in [0, 0.1) is 13.8 Å². The van der Waals surface area contributed by atoms with E-state index < -0.39 is 0 Å². The Bertz CT molecular complexity index is 1390. The van der Waals surface area contributed by atoms with Gasteiger partial charge in [-0.2, -0.15) is 0 Å². The number of ether oxygens (including phenoxy) is 2. The summed E-state index contributed by atoms with van der Waals surface area (Å²) < 4.78 is 17.0. The van der Waals surface area contributed by atoms with Crippen molar-refractivity contribution in [2.45, 2.75) is 13.8 Å². The molecule has 7 nitrogen and oxygen atoms in total. The number of nitrogens with zero attached hydrogens (tertiary/aromatic N) is 3. The van der Waals surface area contributed by atoms with E-state index >= 15 is 0 Å². The summed E-state index contributed by atoms with van der Waals surface area (Å²) in [5.74, 6) is 1.23. The van der Waals surface area contributed by atoms with Crippen LogP contribution in [-0.4, -0.2) is 56.3 Å². The van der Waals surface area contributed by atoms with Gasteiger partial charge in [0.05, 0.1) is 12.6 Å². The fraction of sp³-hybridized carbons (Fsp3) is 0.333. The van der Waals surface area contributed by atoms with Crippen molar-refractivity contribution in [3.05, 3.63) is 70.2 Å². The number of hydrogen-bond donors (Lipinski definition) is 0. The molecular weight excluding hydrogens is 430 g/mol. The van der Waals surface area contributed by atoms with E-state index in [2.05, 4.69) is 39.0 Å². The van der Waals surface area contributed by atoms with Crippen LogP contribution >= 0.6 is 0 Å². The van der Waals surface area contributed by atoms with Gasteiger partial charge in [0.1, 0.15) is 12.2 Å². The molecule has 2 aromatic heterocycles. The van der Waals surface area contributed by atoms with E-state index in [1.165, 1.54) is 11.1 Å². The van der Waals surface area contributed by atoms with Crippen LogP contribution < -0.4 is 20.0 Å². The molecule has 1 saturated heterocycles. The van der Waals surface area contributed by atoms with Gasteiger partial charge < -0.3 is 18.8 Å². The molecule has 0 N–H and O–H groups in total. The maximum atomic E-state index is 12.0. The zero-order valence-corrected chi connectivity index (χ0v) is 19.8. The minimum Gasteiger partial charge on any atom is -0.493 e. The summed E-state index contributed by atoms with van der Waals surface area (Å²) in [5.41, 5.74) is 3.98. The normalized spacial score (nSPS) is 14.6. The largest absolute Gasteiger partial charge is 0.493 e. The molecular formula is C27H29N3O4. The highest BCUT2D eigenvalue weighted by Crippen LogP contribution is 2.34. The van der Waals surface area contributed by atoms with Crippen molar-refractivity contribution in [2.24, 2.45) is 0 Å². The first kappa shape index (κ1) is 22.2. The van der Waals surface area contributed by atoms with Crippen LogP contribution in [0.2, 0.25) is 0 Å². The molecule has 1 aliphatic heterocycles. The Kier molecular flexibility index (Phi) is 6.11. The Morgan fingerprint density at radius 2 is 1.82 bits per heavy atom. The number of aromatic nitrogens is 1. The van der Waals surface area contributed by atoms with Crippen LogP contribution in [0.15, 0.2) is 57.9 Å². The van der Waals surface area contributed by atoms with Crippen LogP contribution in [-0.2, 0) is 0 Å². The Balaban J connectivity index is 1.20. The lowest BCUT2D eigenvalue weighted by atomic mass is 10.1. The second kappa shape index (κ2) is 9.35. The van der Waals surface area contributed by atoms with E-state index in [9.17, 15) is 4.79 Å². The summed E-state index contributed by atoms with van der Waals surface area (Å²) in [5, 5.41) is 2.04. The first-order valence-electron chi connectivity index (χ1n) is 11.6. The number of pyridine rings is 1. The van der Waals surface area contributed by atoms with Gasteiger partial charge in [-0.3, -0.25) is 9.88 Å². The molecule has 0 radical (unpaired) electrons. The molecule has 1 fully saturated rings. The molecule has 0 saturated carbocycles. The average molecular weight is 460 g/mol. The molecule has 7 heteroatoms. The Hall–Kier alpha value is -3.58. The molecule has 0 amide bonds. The van der Waals surface area contributed by atoms with Gasteiger partial charge in [0.15, 0.2) is 11.5 Å². The van der Waals surface area contributed by atoms with Crippen molar-refractivity contribution >= 4 is 27.6 Å². The molecule has 0 spiro atoms. The van der Waals surface area contributed by atoms with Gasteiger partial charge in [-0.15, -0.1) is 0 Å². The molecule has 5 rings (SSSR count). The Morgan fingerprint density at radius 3 is 2.62 bits per heavy atom. The average Bonchev–Trinajstić information content (AvgIpc) is 2.87. The highest BCUT2D eigenvalue weighted by atomic mass is 16.5. The maximum Gasteiger partial charge on any atom is 0.339 e. The van der Waals surface area contributed by atoms with Crippen molar-refractivity contribution in [3.8, 4) is 11.5 Å². The monoisotopic (exact) mass is 459 g/mol. The molecule has 0 bridgehead atoms. The van der Waals surface area contributed by atoms with Crippen molar-refractivity contribution in [1.82, 2.24) is 9.88 Å². The molecule has 2 aromatic carbocycles. The van der Waals surface area contributed by atoms with Crippen LogP contribution in [0.5, 0.6) is 11.5 Å². The summed E-state index contributed by atoms with van der Waals surface area (Å²) in [4.78, 5) is 21.3. The highest BCUT2D eigenvalue weighted by molar-refractivity contribution is 5.85. The van der Waals surface area contributed by atoms with Crippen LogP contribution in [0.1, 0.15) is 11.1 Å². The van der Waals surface area contributed by atoms with Gasteiger partial charge in [-0.05, 0) is 49.7 Å². The summed E-state index contributed by atoms with van der Waals surface area (Å²) in [6, 6.07) is 14.2. The third-order valence-electron chi connectivity index (χ3n) is 6.73. The van der Waals surface area contributed by atoms with E-state index in [1.807, 2.05) is 25.3 Å². The molecule has 0 atom stereocenters. The number of aryl methyl sites for hydroxylation is 1. The van der Waals surface area contributed by atoms with Gasteiger partial charge in [0, 0.05) is 67.0 Å². The maximum absolute atomic E-state index is 12.0. The lowest BCUT2D eigenvalue weighted by Crippen LogP contribution is -2.47. The second-order valence-corrected chi connectivity index (χ2v) is 8.70. The van der Waals surface area contributed by atoms with E-state index in [-0.39, 0.29) is 5.63 Å². The number of piperazine rings is 1. The number of hydrogen-bond acceptors (Lipinski definition) is 7. The fourth-order valence-electron chi connectivity index (χ4n) is 4.50. The van der Waals surface area contributed by atoms with Crippen molar-refractivity contribution in [2.75, 3.05) is 51.3 Å². The smallest absolute Gasteiger partial charge is 0.339 e. The third kappa shape index (κ3) is 4.31. The first-order valence-corrected chi connectivity index (χ1v) is 11.6. The van der Waals surface area contributed by atoms with Crippen LogP contribution in [0.4, 0.5) is 5.69 Å². The van der Waals surface area contributed by atoms with E-state index in [0.29, 0.717) is 29.3 Å². The van der Waals surface area contributed by atoms with Gasteiger partial charge >= 0.3 is 5.63 Å². The predicted molar refractivity (Wildman–Crippen MR) is 134 cm³/mol. The topological polar surface area (TPSA) is 68.0 Å². The Morgan fingerprint density at radius 1 is 1.00 bits per heavy atom. The minimum absolute atomic E-state index is 0.319. The summed E-state index contributed by atoms with van der Waals surface area (Å²) in [7, 11) is 1.59. The van der Waals surface area contributed by atoms with Crippen molar-refractivity contribution in [3.63, 3.8) is 0 Å². The van der Waals surface area contributed by atoms with E-state index in [4.69, 9.17) is 13.9 Å². The highest BCUT2D eigenvalue weighted by Gasteiger charge is 2.18. The number of methoxy groups -OCH3 is 1. The number of rotatable bonds is 6. The Labute approximate surface area is 198 Å². The first-order chi connectivity index (χ1) is 16.5. The van der Waals surface area contributed by atoms with Crippen molar-refractivity contribution in [1.29, 1.82) is 0 Å². The van der Waals surface area contributed by atoms with Crippen LogP contribution in [0.25, 0.3) is 21.9 Å². The quantitative estimate of drug-likeness (QED) is 0.401. The molecule has 0 unspecified atom stereocenters. The summed E-state index contributed by atoms with van der Waals surface area (Å²) in [6.45, 7) is 9.00. The molecule has 3 heterocycles. The summed E-state index contributed by atoms with van der Waals surface area (Å²) >= 11 is 0. The van der Waals surface area contributed by atoms with E-state index in [1.54, 1.807) is 20.1 Å². The van der Waals surface area contributed by atoms with Gasteiger partial charge in [-0.1, -0.05) is 6.07 Å². The molecule has 34 heavy (non-hydrogen) atoms. The molecule has 176 valence electrons. The zero-order valence-electron chi connectivity index (χ0n) is 19.8. The standard InChI is InChI=1S/C27H29N3O4/c1-18-19(2)27(31)34-24-17-25(32-3)26(16-22(18)24)33-14-13-29-9-11-30(12-10-29)21-6-7-23-20(15-21)5-4-8-28-23/h4-8,15-17H,9-14H2,1-3H3. The molecule has 0 aliphatic carbocycles. The fourth-order valence-corrected chi connectivity index (χ4v) is 4.50. The lowest BCUT2D eigenvalue weighted by Gasteiger charge is -2.36. The van der Waals surface area contributed by atoms with Gasteiger partial charge in [0.2, 0.25) is 0 Å². The SMILES string of the molecule is COc1cc2oc(=O)c(C)c(C)c2cc1OCCN1CCN(c2ccc3ncccc3c2)CC1. The number of fused-ring (bicyclic) bond motifs is 2. The number of benzene rings is 2. The van der Waals surface area contributed by atoms with Gasteiger partial charge in [0.25, 0.3) is 0 Å². The third-order valence-corrected chi connectivity index (χ3v) is 6.73. The second-order valence-electron chi connectivity index (χ2n) is 8.70. The molecule has 4 aromatic rings. The predicted octanol–water partition coefficient (Wildman–Crippen LogP) is 4.17. The molecule has 1 aliphatic rings. The van der Waals surface area contributed by atoms with Crippen LogP contribution in [0.3, 0.4) is 0 Å². The minimum atomic E-state index is -0.319.